The van der Waals surface area contributed by atoms with Crippen LogP contribution in [-0.2, 0) is 4.74 Å². The summed E-state index contributed by atoms with van der Waals surface area (Å²) in [6, 6.07) is -0.193. The molecular weight excluding hydrogens is 128 g/mol. The largest absolute Gasteiger partial charge is 0.466 e. The normalized spacial score (nSPS) is 7.12. The van der Waals surface area contributed by atoms with E-state index in [2.05, 4.69) is 4.74 Å². The van der Waals surface area contributed by atoms with Gasteiger partial charge in [-0.2, -0.15) is 0 Å². The predicted octanol–water partition coefficient (Wildman–Crippen LogP) is 0.728. The zero-order valence-corrected chi connectivity index (χ0v) is 5.62. The Bertz CT molecular complexity index is 67.1. The Morgan fingerprint density at radius 2 is 2.25 bits per heavy atom. The van der Waals surface area contributed by atoms with Gasteiger partial charge in [-0.3, -0.25) is 5.41 Å². The van der Waals surface area contributed by atoms with Gasteiger partial charge in [0, 0.05) is 0 Å². The van der Waals surface area contributed by atoms with Crippen molar-refractivity contribution in [2.45, 2.75) is 13.3 Å². The molecule has 0 heterocycles. The van der Waals surface area contributed by atoms with Crippen molar-refractivity contribution < 1.29 is 4.74 Å². The van der Waals surface area contributed by atoms with Crippen molar-refractivity contribution in [3.63, 3.8) is 0 Å². The maximum Gasteiger partial charge on any atom is 0.278 e. The predicted molar refractivity (Wildman–Crippen MR) is 35.4 cm³/mol. The molecule has 3 nitrogen and oxygen atoms in total. The first-order chi connectivity index (χ1) is 3.27. The molecule has 0 aliphatic heterocycles. The van der Waals surface area contributed by atoms with Crippen LogP contribution in [0.15, 0.2) is 0 Å². The highest BCUT2D eigenvalue weighted by molar-refractivity contribution is 5.85. The van der Waals surface area contributed by atoms with Crippen molar-refractivity contribution >= 4 is 18.4 Å². The Labute approximate surface area is 55.1 Å². The molecule has 0 saturated heterocycles. The Balaban J connectivity index is 0. The fraction of sp³-hybridized carbons (Fsp3) is 0.750. The summed E-state index contributed by atoms with van der Waals surface area (Å²) in [5, 5.41) is 6.55. The van der Waals surface area contributed by atoms with Crippen LogP contribution in [0, 0.1) is 5.41 Å². The molecule has 0 rings (SSSR count). The van der Waals surface area contributed by atoms with E-state index in [0.29, 0.717) is 6.61 Å². The van der Waals surface area contributed by atoms with Crippen LogP contribution in [0.5, 0.6) is 0 Å². The van der Waals surface area contributed by atoms with Crippen molar-refractivity contribution in [3.8, 4) is 0 Å². The third-order valence-electron chi connectivity index (χ3n) is 0.462. The Hall–Kier alpha value is -0.440. The summed E-state index contributed by atoms with van der Waals surface area (Å²) in [6.45, 7) is 2.51. The lowest BCUT2D eigenvalue weighted by Gasteiger charge is -1.96. The van der Waals surface area contributed by atoms with Crippen LogP contribution >= 0.6 is 12.4 Å². The second-order valence-electron chi connectivity index (χ2n) is 1.21. The Morgan fingerprint density at radius 1 is 1.75 bits per heavy atom. The summed E-state index contributed by atoms with van der Waals surface area (Å²) in [5.74, 6) is 0. The van der Waals surface area contributed by atoms with Gasteiger partial charge in [-0.25, -0.2) is 0 Å². The van der Waals surface area contributed by atoms with E-state index in [1.165, 1.54) is 0 Å². The quantitative estimate of drug-likeness (QED) is 0.437. The van der Waals surface area contributed by atoms with Gasteiger partial charge in [0.25, 0.3) is 6.02 Å². The molecule has 0 aromatic heterocycles. The van der Waals surface area contributed by atoms with Crippen molar-refractivity contribution in [2.75, 3.05) is 6.61 Å². The zero-order valence-electron chi connectivity index (χ0n) is 4.81. The average molecular weight is 139 g/mol. The molecule has 0 aliphatic carbocycles. The maximum atomic E-state index is 6.55. The summed E-state index contributed by atoms with van der Waals surface area (Å²) in [5.41, 5.74) is 4.84. The van der Waals surface area contributed by atoms with E-state index >= 15 is 0 Å². The Morgan fingerprint density at radius 3 is 2.38 bits per heavy atom. The number of nitrogens with two attached hydrogens (primary N) is 1. The summed E-state index contributed by atoms with van der Waals surface area (Å²) in [6.07, 6.45) is 0.902. The fourth-order valence-corrected chi connectivity index (χ4v) is 0.212. The monoisotopic (exact) mass is 138 g/mol. The molecule has 4 heteroatoms. The summed E-state index contributed by atoms with van der Waals surface area (Å²) >= 11 is 0. The number of nitrogens with one attached hydrogen (secondary N) is 1. The van der Waals surface area contributed by atoms with E-state index in [0.717, 1.165) is 6.42 Å². The van der Waals surface area contributed by atoms with Gasteiger partial charge in [0.1, 0.15) is 0 Å². The molecule has 0 bridgehead atoms. The molecule has 0 atom stereocenters. The highest BCUT2D eigenvalue weighted by atomic mass is 35.5. The minimum absolute atomic E-state index is 0. The van der Waals surface area contributed by atoms with E-state index in [1.54, 1.807) is 0 Å². The Kier molecular flexibility index (Phi) is 8.63. The maximum absolute atomic E-state index is 6.55. The van der Waals surface area contributed by atoms with Crippen LogP contribution in [0.4, 0.5) is 0 Å². The molecule has 0 fully saturated rings. The topological polar surface area (TPSA) is 59.1 Å². The van der Waals surface area contributed by atoms with Crippen LogP contribution in [0.3, 0.4) is 0 Å². The van der Waals surface area contributed by atoms with Gasteiger partial charge < -0.3 is 10.5 Å². The van der Waals surface area contributed by atoms with Gasteiger partial charge in [-0.15, -0.1) is 12.4 Å². The fourth-order valence-electron chi connectivity index (χ4n) is 0.212. The van der Waals surface area contributed by atoms with Gasteiger partial charge in [0.2, 0.25) is 0 Å². The van der Waals surface area contributed by atoms with Crippen LogP contribution < -0.4 is 5.73 Å². The third kappa shape index (κ3) is 9.12. The van der Waals surface area contributed by atoms with Crippen molar-refractivity contribution in [3.05, 3.63) is 0 Å². The number of hydrogen-bond acceptors (Lipinski definition) is 2. The lowest BCUT2D eigenvalue weighted by atomic mass is 10.5. The summed E-state index contributed by atoms with van der Waals surface area (Å²) in [7, 11) is 0. The molecule has 0 unspecified atom stereocenters. The molecule has 0 aromatic rings. The number of rotatable bonds is 2. The highest BCUT2D eigenvalue weighted by Crippen LogP contribution is 1.75. The van der Waals surface area contributed by atoms with Crippen LogP contribution in [-0.4, -0.2) is 12.6 Å². The zero-order chi connectivity index (χ0) is 5.70. The van der Waals surface area contributed by atoms with Gasteiger partial charge in [-0.1, -0.05) is 6.92 Å². The first-order valence-electron chi connectivity index (χ1n) is 2.24. The van der Waals surface area contributed by atoms with Crippen molar-refractivity contribution in [2.24, 2.45) is 5.73 Å². The number of hydrogen-bond donors (Lipinski definition) is 2. The molecule has 50 valence electrons. The van der Waals surface area contributed by atoms with E-state index in [9.17, 15) is 0 Å². The molecule has 0 radical (unpaired) electrons. The lowest BCUT2D eigenvalue weighted by molar-refractivity contribution is 0.297. The molecule has 3 N–H and O–H groups in total. The summed E-state index contributed by atoms with van der Waals surface area (Å²) < 4.78 is 4.55. The molecular formula is C4H11ClN2O. The molecule has 8 heavy (non-hydrogen) atoms. The summed E-state index contributed by atoms with van der Waals surface area (Å²) in [4.78, 5) is 0. The standard InChI is InChI=1S/C4H10N2O.ClH/c1-2-3-7-4(5)6;/h2-3H2,1H3,(H3,5,6);1H. The average Bonchev–Trinajstić information content (AvgIpc) is 1.61. The first-order valence-corrected chi connectivity index (χ1v) is 2.24. The van der Waals surface area contributed by atoms with E-state index in [-0.39, 0.29) is 18.4 Å². The molecule has 0 aliphatic rings. The van der Waals surface area contributed by atoms with Crippen LogP contribution in [0.2, 0.25) is 0 Å². The number of ether oxygens (including phenoxy) is 1. The number of amidine groups is 1. The second-order valence-corrected chi connectivity index (χ2v) is 1.21. The van der Waals surface area contributed by atoms with E-state index in [1.807, 2.05) is 6.92 Å². The molecule has 0 spiro atoms. The molecule has 0 saturated carbocycles. The van der Waals surface area contributed by atoms with Crippen LogP contribution in [0.25, 0.3) is 0 Å². The second kappa shape index (κ2) is 6.56. The van der Waals surface area contributed by atoms with Gasteiger partial charge in [0.05, 0.1) is 6.61 Å². The van der Waals surface area contributed by atoms with Gasteiger partial charge in [-0.05, 0) is 6.42 Å². The third-order valence-corrected chi connectivity index (χ3v) is 0.462. The highest BCUT2D eigenvalue weighted by Gasteiger charge is 1.81. The minimum atomic E-state index is -0.193. The van der Waals surface area contributed by atoms with E-state index < -0.39 is 0 Å². The smallest absolute Gasteiger partial charge is 0.278 e. The number of halogens is 1. The lowest BCUT2D eigenvalue weighted by Crippen LogP contribution is -2.14. The van der Waals surface area contributed by atoms with Crippen molar-refractivity contribution in [1.29, 1.82) is 5.41 Å². The van der Waals surface area contributed by atoms with Crippen molar-refractivity contribution in [1.82, 2.24) is 0 Å². The van der Waals surface area contributed by atoms with E-state index in [4.69, 9.17) is 11.1 Å². The van der Waals surface area contributed by atoms with Crippen LogP contribution in [0.1, 0.15) is 13.3 Å². The molecule has 0 aromatic carbocycles. The molecule has 0 amide bonds. The SMILES string of the molecule is CCCOC(=N)N.Cl. The van der Waals surface area contributed by atoms with Gasteiger partial charge >= 0.3 is 0 Å². The minimum Gasteiger partial charge on any atom is -0.466 e. The van der Waals surface area contributed by atoms with Gasteiger partial charge in [0.15, 0.2) is 0 Å². The first kappa shape index (κ1) is 10.5.